The molecule has 5 rings (SSSR count). The number of amides is 2. The van der Waals surface area contributed by atoms with Crippen molar-refractivity contribution in [3.05, 3.63) is 89.8 Å². The maximum absolute atomic E-state index is 14.1. The van der Waals surface area contributed by atoms with Crippen LogP contribution in [-0.2, 0) is 19.3 Å². The summed E-state index contributed by atoms with van der Waals surface area (Å²) in [6, 6.07) is 13.4. The predicted molar refractivity (Wildman–Crippen MR) is 163 cm³/mol. The summed E-state index contributed by atoms with van der Waals surface area (Å²) in [6.45, 7) is 2.88. The summed E-state index contributed by atoms with van der Waals surface area (Å²) in [7, 11) is -0.853. The molecule has 3 heterocycles. The number of pyridine rings is 1. The first-order valence-electron chi connectivity index (χ1n) is 13.7. The Labute approximate surface area is 254 Å². The molecule has 0 aliphatic carbocycles. The number of urea groups is 1. The summed E-state index contributed by atoms with van der Waals surface area (Å²) in [5.41, 5.74) is 3.34. The minimum Gasteiger partial charge on any atom is -0.383 e. The van der Waals surface area contributed by atoms with Crippen LogP contribution in [0.5, 0.6) is 0 Å². The third kappa shape index (κ3) is 7.27. The number of aromatic nitrogens is 3. The Morgan fingerprint density at radius 1 is 1.14 bits per heavy atom. The van der Waals surface area contributed by atoms with Gasteiger partial charge in [-0.25, -0.2) is 22.5 Å². The molecule has 2 N–H and O–H groups in total. The SMILES string of the molecule is COCCN1C[C@@H](NC(=O)Nc2c(C)c(-c3cncc(N=S(C)(C)=O)c3)nn2-c2ccccc2)[C@H](c2ccc(F)c(F)c2)O1. The van der Waals surface area contributed by atoms with Gasteiger partial charge in [0.05, 0.1) is 35.9 Å². The zero-order chi connectivity index (χ0) is 31.4. The highest BCUT2D eigenvalue weighted by molar-refractivity contribution is 7.92. The Hall–Kier alpha value is -4.24. The molecule has 1 saturated heterocycles. The Balaban J connectivity index is 1.46. The van der Waals surface area contributed by atoms with E-state index in [9.17, 15) is 17.8 Å². The molecular formula is C30H33F2N7O4S. The lowest BCUT2D eigenvalue weighted by atomic mass is 10.0. The van der Waals surface area contributed by atoms with Gasteiger partial charge in [-0.15, -0.1) is 0 Å². The average molecular weight is 626 g/mol. The van der Waals surface area contributed by atoms with Crippen LogP contribution in [0.1, 0.15) is 17.2 Å². The smallest absolute Gasteiger partial charge is 0.320 e. The van der Waals surface area contributed by atoms with Crippen molar-refractivity contribution in [2.24, 2.45) is 4.36 Å². The van der Waals surface area contributed by atoms with Gasteiger partial charge in [-0.2, -0.15) is 14.5 Å². The number of carbonyl (C=O) groups excluding carboxylic acids is 1. The van der Waals surface area contributed by atoms with E-state index in [-0.39, 0.29) is 6.54 Å². The molecule has 4 aromatic rings. The Kier molecular flexibility index (Phi) is 9.34. The number of benzene rings is 2. The van der Waals surface area contributed by atoms with E-state index in [1.807, 2.05) is 37.3 Å². The number of rotatable bonds is 9. The van der Waals surface area contributed by atoms with E-state index in [0.29, 0.717) is 52.7 Å². The van der Waals surface area contributed by atoms with Crippen LogP contribution in [0.3, 0.4) is 0 Å². The van der Waals surface area contributed by atoms with Crippen LogP contribution in [-0.4, -0.2) is 75.4 Å². The first-order chi connectivity index (χ1) is 21.0. The zero-order valence-electron chi connectivity index (χ0n) is 24.7. The molecule has 2 atom stereocenters. The van der Waals surface area contributed by atoms with Gasteiger partial charge < -0.3 is 10.1 Å². The third-order valence-electron chi connectivity index (χ3n) is 6.84. The van der Waals surface area contributed by atoms with Crippen LogP contribution in [0.4, 0.5) is 25.1 Å². The van der Waals surface area contributed by atoms with E-state index in [2.05, 4.69) is 20.0 Å². The van der Waals surface area contributed by atoms with Gasteiger partial charge in [-0.3, -0.25) is 15.1 Å². The van der Waals surface area contributed by atoms with Gasteiger partial charge in [0.1, 0.15) is 11.9 Å². The zero-order valence-corrected chi connectivity index (χ0v) is 25.5. The first-order valence-corrected chi connectivity index (χ1v) is 16.1. The third-order valence-corrected chi connectivity index (χ3v) is 7.49. The van der Waals surface area contributed by atoms with Crippen molar-refractivity contribution < 1.29 is 27.4 Å². The molecule has 0 radical (unpaired) electrons. The number of anilines is 1. The molecule has 2 amide bonds. The van der Waals surface area contributed by atoms with Crippen molar-refractivity contribution in [1.82, 2.24) is 25.1 Å². The lowest BCUT2D eigenvalue weighted by Gasteiger charge is -2.20. The van der Waals surface area contributed by atoms with Gasteiger partial charge in [0, 0.05) is 59.8 Å². The monoisotopic (exact) mass is 625 g/mol. The molecule has 0 unspecified atom stereocenters. The summed E-state index contributed by atoms with van der Waals surface area (Å²) in [4.78, 5) is 23.8. The number of nitrogens with one attached hydrogen (secondary N) is 2. The summed E-state index contributed by atoms with van der Waals surface area (Å²) in [5.74, 6) is -1.58. The summed E-state index contributed by atoms with van der Waals surface area (Å²) >= 11 is 0. The highest BCUT2D eigenvalue weighted by Crippen LogP contribution is 2.33. The van der Waals surface area contributed by atoms with Crippen LogP contribution in [0.25, 0.3) is 16.9 Å². The van der Waals surface area contributed by atoms with E-state index in [0.717, 1.165) is 12.1 Å². The molecule has 14 heteroatoms. The lowest BCUT2D eigenvalue weighted by Crippen LogP contribution is -2.42. The second-order valence-corrected chi connectivity index (χ2v) is 13.1. The van der Waals surface area contributed by atoms with Gasteiger partial charge in [-0.05, 0) is 42.8 Å². The standard InChI is InChI=1S/C30H33F2N7O4S/c1-19-27(21-14-22(17-33-16-21)37-44(3,4)41)36-39(23-8-6-5-7-9-23)29(19)35-30(40)34-26-18-38(12-13-42-2)43-28(26)20-10-11-24(31)25(32)15-20/h5-11,14-17,26,28H,12-13,18H2,1-4H3,(H2,34,35,40)/t26-,28+/m1/s1. The Bertz CT molecular complexity index is 1770. The average Bonchev–Trinajstić information content (AvgIpc) is 3.53. The molecular weight excluding hydrogens is 592 g/mol. The van der Waals surface area contributed by atoms with Crippen molar-refractivity contribution in [3.63, 3.8) is 0 Å². The topological polar surface area (TPSA) is 123 Å². The number of para-hydroxylation sites is 1. The second kappa shape index (κ2) is 13.2. The van der Waals surface area contributed by atoms with E-state index in [1.54, 1.807) is 41.6 Å². The number of methoxy groups -OCH3 is 1. The molecule has 2 aromatic carbocycles. The number of hydrogen-bond acceptors (Lipinski definition) is 8. The molecule has 0 spiro atoms. The van der Waals surface area contributed by atoms with Crippen molar-refractivity contribution in [2.45, 2.75) is 19.1 Å². The maximum atomic E-state index is 14.1. The van der Waals surface area contributed by atoms with Crippen LogP contribution in [0.2, 0.25) is 0 Å². The van der Waals surface area contributed by atoms with Gasteiger partial charge in [-0.1, -0.05) is 24.3 Å². The minimum atomic E-state index is -2.41. The largest absolute Gasteiger partial charge is 0.383 e. The number of ether oxygens (including phenoxy) is 1. The van der Waals surface area contributed by atoms with Crippen LogP contribution in [0, 0.1) is 18.6 Å². The normalized spacial score (nSPS) is 17.0. The van der Waals surface area contributed by atoms with E-state index >= 15 is 0 Å². The van der Waals surface area contributed by atoms with Crippen LogP contribution >= 0.6 is 0 Å². The van der Waals surface area contributed by atoms with Crippen LogP contribution < -0.4 is 10.6 Å². The highest BCUT2D eigenvalue weighted by Gasteiger charge is 2.37. The second-order valence-electron chi connectivity index (χ2n) is 10.6. The fourth-order valence-electron chi connectivity index (χ4n) is 4.88. The van der Waals surface area contributed by atoms with Crippen LogP contribution in [0.15, 0.2) is 71.4 Å². The fraction of sp³-hybridized carbons (Fsp3) is 0.300. The highest BCUT2D eigenvalue weighted by atomic mass is 32.2. The summed E-state index contributed by atoms with van der Waals surface area (Å²) < 4.78 is 51.1. The van der Waals surface area contributed by atoms with Gasteiger partial charge in [0.25, 0.3) is 0 Å². The molecule has 1 aliphatic heterocycles. The molecule has 232 valence electrons. The lowest BCUT2D eigenvalue weighted by molar-refractivity contribution is -0.154. The fourth-order valence-corrected chi connectivity index (χ4v) is 5.49. The number of halogens is 2. The Morgan fingerprint density at radius 3 is 2.61 bits per heavy atom. The first kappa shape index (κ1) is 31.2. The molecule has 44 heavy (non-hydrogen) atoms. The van der Waals surface area contributed by atoms with Gasteiger partial charge in [0.15, 0.2) is 11.6 Å². The predicted octanol–water partition coefficient (Wildman–Crippen LogP) is 5.01. The minimum absolute atomic E-state index is 0.280. The maximum Gasteiger partial charge on any atom is 0.320 e. The number of carbonyl (C=O) groups is 1. The molecule has 0 bridgehead atoms. The number of hydroxylamine groups is 2. The van der Waals surface area contributed by atoms with Crippen molar-refractivity contribution in [2.75, 3.05) is 44.6 Å². The molecule has 1 fully saturated rings. The number of hydrogen-bond donors (Lipinski definition) is 2. The Morgan fingerprint density at radius 2 is 1.91 bits per heavy atom. The molecule has 2 aromatic heterocycles. The summed E-state index contributed by atoms with van der Waals surface area (Å²) in [6.07, 6.45) is 5.46. The van der Waals surface area contributed by atoms with Gasteiger partial charge >= 0.3 is 6.03 Å². The number of nitrogens with zero attached hydrogens (tertiary/aromatic N) is 5. The van der Waals surface area contributed by atoms with Crippen molar-refractivity contribution >= 4 is 27.3 Å². The quantitative estimate of drug-likeness (QED) is 0.268. The molecule has 0 saturated carbocycles. The van der Waals surface area contributed by atoms with E-state index in [4.69, 9.17) is 14.7 Å². The van der Waals surface area contributed by atoms with Gasteiger partial charge in [0.2, 0.25) is 0 Å². The molecule has 11 nitrogen and oxygen atoms in total. The van der Waals surface area contributed by atoms with E-state index in [1.165, 1.54) is 12.3 Å². The van der Waals surface area contributed by atoms with Crippen molar-refractivity contribution in [1.29, 1.82) is 0 Å². The van der Waals surface area contributed by atoms with E-state index < -0.39 is 39.5 Å². The summed E-state index contributed by atoms with van der Waals surface area (Å²) in [5, 5.41) is 12.3. The van der Waals surface area contributed by atoms with Crippen molar-refractivity contribution in [3.8, 4) is 16.9 Å². The molecule has 1 aliphatic rings.